The Hall–Kier alpha value is -1.62. The third-order valence-electron chi connectivity index (χ3n) is 4.39. The lowest BCUT2D eigenvalue weighted by Crippen LogP contribution is -2.38. The molecule has 0 saturated heterocycles. The highest BCUT2D eigenvalue weighted by atomic mass is 16.6. The van der Waals surface area contributed by atoms with E-state index in [9.17, 15) is 10.1 Å². The lowest BCUT2D eigenvalue weighted by molar-refractivity contribution is -0.384. The van der Waals surface area contributed by atoms with Gasteiger partial charge in [-0.2, -0.15) is 0 Å². The molecule has 0 aromatic heterocycles. The van der Waals surface area contributed by atoms with E-state index >= 15 is 0 Å². The van der Waals surface area contributed by atoms with Crippen LogP contribution in [0.1, 0.15) is 38.2 Å². The number of nitro groups is 1. The molecular weight excluding hydrogens is 254 g/mol. The molecule has 0 bridgehead atoms. The molecule has 0 amide bonds. The van der Waals surface area contributed by atoms with Gasteiger partial charge in [0.1, 0.15) is 0 Å². The molecule has 2 N–H and O–H groups in total. The highest BCUT2D eigenvalue weighted by Gasteiger charge is 2.25. The molecule has 5 heteroatoms. The Balaban J connectivity index is 2.12. The quantitative estimate of drug-likeness (QED) is 0.521. The van der Waals surface area contributed by atoms with Crippen LogP contribution in [0, 0.1) is 16.0 Å². The first kappa shape index (κ1) is 14.8. The van der Waals surface area contributed by atoms with Gasteiger partial charge < -0.3 is 5.73 Å². The monoisotopic (exact) mass is 277 g/mol. The van der Waals surface area contributed by atoms with Crippen LogP contribution in [0.25, 0.3) is 0 Å². The van der Waals surface area contributed by atoms with E-state index in [0.717, 1.165) is 5.56 Å². The van der Waals surface area contributed by atoms with E-state index in [0.29, 0.717) is 24.2 Å². The summed E-state index contributed by atoms with van der Waals surface area (Å²) in [7, 11) is 2.09. The van der Waals surface area contributed by atoms with E-state index in [4.69, 9.17) is 5.73 Å². The molecule has 1 aromatic carbocycles. The molecule has 110 valence electrons. The van der Waals surface area contributed by atoms with Crippen LogP contribution in [-0.2, 0) is 6.54 Å². The summed E-state index contributed by atoms with van der Waals surface area (Å²) in [6.45, 7) is 2.96. The maximum atomic E-state index is 10.9. The number of nitrogens with two attached hydrogens (primary N) is 1. The Morgan fingerprint density at radius 1 is 1.40 bits per heavy atom. The first-order valence-electron chi connectivity index (χ1n) is 7.22. The normalized spacial score (nSPS) is 22.9. The summed E-state index contributed by atoms with van der Waals surface area (Å²) < 4.78 is 0. The van der Waals surface area contributed by atoms with Crippen LogP contribution in [0.3, 0.4) is 0 Å². The van der Waals surface area contributed by atoms with Crippen molar-refractivity contribution in [2.45, 2.75) is 45.2 Å². The third kappa shape index (κ3) is 3.28. The van der Waals surface area contributed by atoms with Crippen molar-refractivity contribution < 1.29 is 4.92 Å². The van der Waals surface area contributed by atoms with Crippen LogP contribution in [0.15, 0.2) is 18.2 Å². The highest BCUT2D eigenvalue weighted by Crippen LogP contribution is 2.29. The number of nitro benzene ring substituents is 1. The molecule has 1 aliphatic carbocycles. The van der Waals surface area contributed by atoms with Crippen LogP contribution < -0.4 is 5.73 Å². The summed E-state index contributed by atoms with van der Waals surface area (Å²) in [5, 5.41) is 10.9. The molecule has 2 atom stereocenters. The number of anilines is 1. The molecule has 2 unspecified atom stereocenters. The molecule has 1 aliphatic rings. The van der Waals surface area contributed by atoms with E-state index in [1.165, 1.54) is 31.7 Å². The molecule has 0 heterocycles. The van der Waals surface area contributed by atoms with Gasteiger partial charge in [0.05, 0.1) is 4.92 Å². The summed E-state index contributed by atoms with van der Waals surface area (Å²) in [6.07, 6.45) is 5.04. The zero-order chi connectivity index (χ0) is 14.7. The zero-order valence-corrected chi connectivity index (χ0v) is 12.2. The largest absolute Gasteiger partial charge is 0.398 e. The number of non-ortho nitro benzene ring substituents is 1. The predicted octanol–water partition coefficient (Wildman–Crippen LogP) is 3.19. The fourth-order valence-electron chi connectivity index (χ4n) is 3.18. The van der Waals surface area contributed by atoms with Gasteiger partial charge in [-0.05, 0) is 37.4 Å². The fourth-order valence-corrected chi connectivity index (χ4v) is 3.18. The minimum Gasteiger partial charge on any atom is -0.398 e. The Kier molecular flexibility index (Phi) is 4.60. The van der Waals surface area contributed by atoms with Gasteiger partial charge in [0.2, 0.25) is 0 Å². The highest BCUT2D eigenvalue weighted by molar-refractivity contribution is 5.52. The maximum absolute atomic E-state index is 10.9. The van der Waals surface area contributed by atoms with Gasteiger partial charge in [-0.3, -0.25) is 15.0 Å². The molecular formula is C15H23N3O2. The standard InChI is InChI=1S/C15H23N3O2/c1-11-5-3-4-6-15(11)17(2)10-12-9-13(18(19)20)7-8-14(12)16/h7-9,11,15H,3-6,10,16H2,1-2H3. The fraction of sp³-hybridized carbons (Fsp3) is 0.600. The molecule has 0 aliphatic heterocycles. The molecule has 1 saturated carbocycles. The molecule has 1 aromatic rings. The molecule has 5 nitrogen and oxygen atoms in total. The number of nitrogen functional groups attached to an aromatic ring is 1. The van der Waals surface area contributed by atoms with Crippen molar-refractivity contribution in [1.29, 1.82) is 0 Å². The molecule has 1 fully saturated rings. The summed E-state index contributed by atoms with van der Waals surface area (Å²) in [5.74, 6) is 0.675. The van der Waals surface area contributed by atoms with Crippen LogP contribution in [0.5, 0.6) is 0 Å². The van der Waals surface area contributed by atoms with Crippen molar-refractivity contribution in [1.82, 2.24) is 4.90 Å². The first-order chi connectivity index (χ1) is 9.49. The second-order valence-electron chi connectivity index (χ2n) is 5.88. The van der Waals surface area contributed by atoms with E-state index in [1.54, 1.807) is 12.1 Å². The average Bonchev–Trinajstić information content (AvgIpc) is 2.41. The zero-order valence-electron chi connectivity index (χ0n) is 12.2. The minimum absolute atomic E-state index is 0.110. The van der Waals surface area contributed by atoms with Crippen molar-refractivity contribution in [3.8, 4) is 0 Å². The summed E-state index contributed by atoms with van der Waals surface area (Å²) in [6, 6.07) is 5.23. The molecule has 2 rings (SSSR count). The summed E-state index contributed by atoms with van der Waals surface area (Å²) in [4.78, 5) is 12.8. The number of hydrogen-bond acceptors (Lipinski definition) is 4. The Bertz CT molecular complexity index is 490. The topological polar surface area (TPSA) is 72.4 Å². The summed E-state index contributed by atoms with van der Waals surface area (Å²) in [5.41, 5.74) is 7.54. The Labute approximate surface area is 119 Å². The van der Waals surface area contributed by atoms with Gasteiger partial charge in [0.15, 0.2) is 0 Å². The maximum Gasteiger partial charge on any atom is 0.269 e. The molecule has 0 spiro atoms. The SMILES string of the molecule is CC1CCCCC1N(C)Cc1cc([N+](=O)[O-])ccc1N. The smallest absolute Gasteiger partial charge is 0.269 e. The summed E-state index contributed by atoms with van der Waals surface area (Å²) >= 11 is 0. The number of rotatable bonds is 4. The number of benzene rings is 1. The Morgan fingerprint density at radius 3 is 2.75 bits per heavy atom. The molecule has 20 heavy (non-hydrogen) atoms. The second kappa shape index (κ2) is 6.22. The van der Waals surface area contributed by atoms with Gasteiger partial charge in [-0.15, -0.1) is 0 Å². The number of hydrogen-bond donors (Lipinski definition) is 1. The van der Waals surface area contributed by atoms with Crippen molar-refractivity contribution in [3.63, 3.8) is 0 Å². The van der Waals surface area contributed by atoms with E-state index < -0.39 is 0 Å². The van der Waals surface area contributed by atoms with E-state index in [1.807, 2.05) is 0 Å². The van der Waals surface area contributed by atoms with Crippen molar-refractivity contribution in [2.75, 3.05) is 12.8 Å². The van der Waals surface area contributed by atoms with Crippen molar-refractivity contribution >= 4 is 11.4 Å². The van der Waals surface area contributed by atoms with Gasteiger partial charge in [-0.1, -0.05) is 19.8 Å². The van der Waals surface area contributed by atoms with Gasteiger partial charge >= 0.3 is 0 Å². The van der Waals surface area contributed by atoms with Gasteiger partial charge in [0.25, 0.3) is 5.69 Å². The lowest BCUT2D eigenvalue weighted by Gasteiger charge is -2.36. The van der Waals surface area contributed by atoms with Crippen LogP contribution >= 0.6 is 0 Å². The first-order valence-corrected chi connectivity index (χ1v) is 7.22. The van der Waals surface area contributed by atoms with Crippen molar-refractivity contribution in [3.05, 3.63) is 33.9 Å². The Morgan fingerprint density at radius 2 is 2.10 bits per heavy atom. The average molecular weight is 277 g/mol. The van der Waals surface area contributed by atoms with Crippen molar-refractivity contribution in [2.24, 2.45) is 5.92 Å². The van der Waals surface area contributed by atoms with E-state index in [2.05, 4.69) is 18.9 Å². The van der Waals surface area contributed by atoms with Gasteiger partial charge in [-0.25, -0.2) is 0 Å². The number of nitrogens with zero attached hydrogens (tertiary/aromatic N) is 2. The van der Waals surface area contributed by atoms with E-state index in [-0.39, 0.29) is 10.6 Å². The predicted molar refractivity (Wildman–Crippen MR) is 80.4 cm³/mol. The third-order valence-corrected chi connectivity index (χ3v) is 4.39. The van der Waals surface area contributed by atoms with Crippen LogP contribution in [0.2, 0.25) is 0 Å². The van der Waals surface area contributed by atoms with Gasteiger partial charge in [0, 0.05) is 30.4 Å². The lowest BCUT2D eigenvalue weighted by atomic mass is 9.85. The van der Waals surface area contributed by atoms with Crippen LogP contribution in [0.4, 0.5) is 11.4 Å². The van der Waals surface area contributed by atoms with Crippen LogP contribution in [-0.4, -0.2) is 22.9 Å². The second-order valence-corrected chi connectivity index (χ2v) is 5.88. The molecule has 0 radical (unpaired) electrons. The minimum atomic E-state index is -0.369.